The smallest absolute Gasteiger partial charge is 0.257 e. The lowest BCUT2D eigenvalue weighted by atomic mass is 9.96. The van der Waals surface area contributed by atoms with Crippen LogP contribution >= 0.6 is 0 Å². The summed E-state index contributed by atoms with van der Waals surface area (Å²) in [7, 11) is 0. The molecule has 1 saturated heterocycles. The third kappa shape index (κ3) is 4.34. The average molecular weight is 308 g/mol. The number of carbonyl (C=O) groups is 1. The fourth-order valence-electron chi connectivity index (χ4n) is 3.14. The fourth-order valence-corrected chi connectivity index (χ4v) is 3.14. The van der Waals surface area contributed by atoms with Crippen LogP contribution in [0, 0.1) is 5.92 Å². The van der Waals surface area contributed by atoms with Gasteiger partial charge in [-0.15, -0.1) is 0 Å². The van der Waals surface area contributed by atoms with Crippen LogP contribution in [0.1, 0.15) is 49.9 Å². The number of aliphatic hydroxyl groups is 1. The molecule has 2 rings (SSSR count). The maximum Gasteiger partial charge on any atom is 0.257 e. The van der Waals surface area contributed by atoms with Crippen LogP contribution in [0.3, 0.4) is 0 Å². The van der Waals surface area contributed by atoms with Gasteiger partial charge in [0, 0.05) is 25.7 Å². The van der Waals surface area contributed by atoms with E-state index in [1.807, 2.05) is 4.90 Å². The summed E-state index contributed by atoms with van der Waals surface area (Å²) in [6.07, 6.45) is 6.63. The SMILES string of the molecule is CCC(CC)C(O)CNC1CCN(C(=O)c2ccoc2)CC1. The van der Waals surface area contributed by atoms with Crippen molar-refractivity contribution in [1.82, 2.24) is 10.2 Å². The molecule has 5 heteroatoms. The second-order valence-corrected chi connectivity index (χ2v) is 6.13. The second-order valence-electron chi connectivity index (χ2n) is 6.13. The highest BCUT2D eigenvalue weighted by atomic mass is 16.3. The highest BCUT2D eigenvalue weighted by Crippen LogP contribution is 2.16. The first-order chi connectivity index (χ1) is 10.7. The van der Waals surface area contributed by atoms with Crippen LogP contribution < -0.4 is 5.32 Å². The van der Waals surface area contributed by atoms with E-state index >= 15 is 0 Å². The van der Waals surface area contributed by atoms with Crippen molar-refractivity contribution < 1.29 is 14.3 Å². The van der Waals surface area contributed by atoms with Gasteiger partial charge in [0.2, 0.25) is 0 Å². The number of nitrogens with one attached hydrogen (secondary N) is 1. The van der Waals surface area contributed by atoms with E-state index in [-0.39, 0.29) is 12.0 Å². The minimum atomic E-state index is -0.277. The molecule has 0 bridgehead atoms. The predicted octanol–water partition coefficient (Wildman–Crippen LogP) is 2.27. The maximum absolute atomic E-state index is 12.2. The first-order valence-corrected chi connectivity index (χ1v) is 8.38. The van der Waals surface area contributed by atoms with E-state index in [0.29, 0.717) is 24.1 Å². The number of piperidine rings is 1. The van der Waals surface area contributed by atoms with Gasteiger partial charge in [-0.25, -0.2) is 0 Å². The van der Waals surface area contributed by atoms with Crippen molar-refractivity contribution in [2.45, 2.75) is 51.7 Å². The summed E-state index contributed by atoms with van der Waals surface area (Å²) in [4.78, 5) is 14.1. The zero-order chi connectivity index (χ0) is 15.9. The molecule has 0 aromatic carbocycles. The summed E-state index contributed by atoms with van der Waals surface area (Å²) in [5.41, 5.74) is 0.621. The molecule has 22 heavy (non-hydrogen) atoms. The molecule has 1 amide bonds. The highest BCUT2D eigenvalue weighted by Gasteiger charge is 2.25. The third-order valence-electron chi connectivity index (χ3n) is 4.76. The average Bonchev–Trinajstić information content (AvgIpc) is 3.08. The Labute approximate surface area is 132 Å². The summed E-state index contributed by atoms with van der Waals surface area (Å²) >= 11 is 0. The van der Waals surface area contributed by atoms with E-state index < -0.39 is 0 Å². The molecule has 1 aromatic rings. The van der Waals surface area contributed by atoms with Crippen molar-refractivity contribution in [3.8, 4) is 0 Å². The van der Waals surface area contributed by atoms with Crippen molar-refractivity contribution in [1.29, 1.82) is 0 Å². The minimum Gasteiger partial charge on any atom is -0.472 e. The summed E-state index contributed by atoms with van der Waals surface area (Å²) in [6, 6.07) is 2.09. The molecule has 124 valence electrons. The van der Waals surface area contributed by atoms with E-state index in [0.717, 1.165) is 38.8 Å². The Morgan fingerprint density at radius 1 is 1.41 bits per heavy atom. The van der Waals surface area contributed by atoms with Crippen LogP contribution in [0.5, 0.6) is 0 Å². The van der Waals surface area contributed by atoms with Gasteiger partial charge in [-0.2, -0.15) is 0 Å². The molecule has 5 nitrogen and oxygen atoms in total. The van der Waals surface area contributed by atoms with Crippen molar-refractivity contribution in [3.63, 3.8) is 0 Å². The number of rotatable bonds is 7. The molecular formula is C17H28N2O3. The lowest BCUT2D eigenvalue weighted by Gasteiger charge is -2.33. The van der Waals surface area contributed by atoms with E-state index in [1.54, 1.807) is 6.07 Å². The fraction of sp³-hybridized carbons (Fsp3) is 0.706. The van der Waals surface area contributed by atoms with Gasteiger partial charge in [0.05, 0.1) is 17.9 Å². The molecule has 1 unspecified atom stereocenters. The number of furan rings is 1. The first-order valence-electron chi connectivity index (χ1n) is 8.38. The quantitative estimate of drug-likeness (QED) is 0.811. The number of carbonyl (C=O) groups excluding carboxylic acids is 1. The first kappa shape index (κ1) is 17.0. The molecule has 2 N–H and O–H groups in total. The van der Waals surface area contributed by atoms with Gasteiger partial charge in [-0.3, -0.25) is 4.79 Å². The van der Waals surface area contributed by atoms with Crippen LogP contribution in [0.15, 0.2) is 23.0 Å². The lowest BCUT2D eigenvalue weighted by molar-refractivity contribution is 0.0678. The van der Waals surface area contributed by atoms with Crippen molar-refractivity contribution >= 4 is 5.91 Å². The molecule has 0 saturated carbocycles. The number of nitrogens with zero attached hydrogens (tertiary/aromatic N) is 1. The van der Waals surface area contributed by atoms with E-state index in [9.17, 15) is 9.90 Å². The summed E-state index contributed by atoms with van der Waals surface area (Å²) in [6.45, 7) is 6.40. The Hall–Kier alpha value is -1.33. The van der Waals surface area contributed by atoms with Gasteiger partial charge in [0.15, 0.2) is 0 Å². The molecule has 0 aliphatic carbocycles. The van der Waals surface area contributed by atoms with Gasteiger partial charge in [-0.05, 0) is 24.8 Å². The van der Waals surface area contributed by atoms with E-state index in [4.69, 9.17) is 4.42 Å². The summed E-state index contributed by atoms with van der Waals surface area (Å²) in [5.74, 6) is 0.416. The predicted molar refractivity (Wildman–Crippen MR) is 85.7 cm³/mol. The van der Waals surface area contributed by atoms with Crippen molar-refractivity contribution in [3.05, 3.63) is 24.2 Å². The molecule has 1 aliphatic rings. The van der Waals surface area contributed by atoms with E-state index in [1.165, 1.54) is 12.5 Å². The zero-order valence-electron chi connectivity index (χ0n) is 13.6. The molecule has 0 spiro atoms. The Balaban J connectivity index is 1.72. The third-order valence-corrected chi connectivity index (χ3v) is 4.76. The van der Waals surface area contributed by atoms with Gasteiger partial charge in [0.25, 0.3) is 5.91 Å². The van der Waals surface area contributed by atoms with Crippen LogP contribution in [-0.2, 0) is 0 Å². The van der Waals surface area contributed by atoms with Crippen LogP contribution in [0.2, 0.25) is 0 Å². The Morgan fingerprint density at radius 3 is 2.64 bits per heavy atom. The van der Waals surface area contributed by atoms with Crippen molar-refractivity contribution in [2.24, 2.45) is 5.92 Å². The molecule has 1 fully saturated rings. The number of likely N-dealkylation sites (tertiary alicyclic amines) is 1. The lowest BCUT2D eigenvalue weighted by Crippen LogP contribution is -2.47. The topological polar surface area (TPSA) is 65.7 Å². The maximum atomic E-state index is 12.2. The normalized spacial score (nSPS) is 17.9. The Kier molecular flexibility index (Phi) is 6.46. The summed E-state index contributed by atoms with van der Waals surface area (Å²) in [5, 5.41) is 13.6. The van der Waals surface area contributed by atoms with E-state index in [2.05, 4.69) is 19.2 Å². The Bertz CT molecular complexity index is 435. The minimum absolute atomic E-state index is 0.0456. The zero-order valence-corrected chi connectivity index (χ0v) is 13.6. The number of amides is 1. The van der Waals surface area contributed by atoms with Crippen LogP contribution in [0.25, 0.3) is 0 Å². The monoisotopic (exact) mass is 308 g/mol. The molecule has 2 heterocycles. The Morgan fingerprint density at radius 2 is 2.09 bits per heavy atom. The molecule has 1 atom stereocenters. The van der Waals surface area contributed by atoms with Gasteiger partial charge in [0.1, 0.15) is 6.26 Å². The molecule has 1 aliphatic heterocycles. The number of hydrogen-bond donors (Lipinski definition) is 2. The second kappa shape index (κ2) is 8.34. The molecular weight excluding hydrogens is 280 g/mol. The molecule has 1 aromatic heterocycles. The van der Waals surface area contributed by atoms with Crippen LogP contribution in [0.4, 0.5) is 0 Å². The van der Waals surface area contributed by atoms with Crippen molar-refractivity contribution in [2.75, 3.05) is 19.6 Å². The van der Waals surface area contributed by atoms with Gasteiger partial charge in [-0.1, -0.05) is 26.7 Å². The van der Waals surface area contributed by atoms with Gasteiger partial charge >= 0.3 is 0 Å². The van der Waals surface area contributed by atoms with Gasteiger partial charge < -0.3 is 19.7 Å². The molecule has 0 radical (unpaired) electrons. The summed E-state index contributed by atoms with van der Waals surface area (Å²) < 4.78 is 4.97. The largest absolute Gasteiger partial charge is 0.472 e. The standard InChI is InChI=1S/C17H28N2O3/c1-3-13(4-2)16(20)11-18-15-5-8-19(9-6-15)17(21)14-7-10-22-12-14/h7,10,12-13,15-16,18,20H,3-6,8-9,11H2,1-2H3. The number of hydrogen-bond acceptors (Lipinski definition) is 4. The highest BCUT2D eigenvalue weighted by molar-refractivity contribution is 5.93. The van der Waals surface area contributed by atoms with Crippen LogP contribution in [-0.4, -0.2) is 47.7 Å². The number of aliphatic hydroxyl groups excluding tert-OH is 1.